The molecule has 1 heterocycles. The summed E-state index contributed by atoms with van der Waals surface area (Å²) in [5.74, 6) is 0.488. The van der Waals surface area contributed by atoms with E-state index in [1.165, 1.54) is 0 Å². The van der Waals surface area contributed by atoms with Crippen molar-refractivity contribution < 1.29 is 4.79 Å². The first-order valence-corrected chi connectivity index (χ1v) is 7.70. The molecule has 1 aromatic carbocycles. The van der Waals surface area contributed by atoms with Crippen LogP contribution >= 0.6 is 23.2 Å². The minimum absolute atomic E-state index is 0.0968. The van der Waals surface area contributed by atoms with Crippen LogP contribution in [0.3, 0.4) is 0 Å². The van der Waals surface area contributed by atoms with Crippen LogP contribution in [-0.2, 0) is 11.2 Å². The van der Waals surface area contributed by atoms with Crippen molar-refractivity contribution in [3.63, 3.8) is 0 Å². The van der Waals surface area contributed by atoms with Crippen LogP contribution < -0.4 is 5.73 Å². The fourth-order valence-electron chi connectivity index (χ4n) is 2.62. The highest BCUT2D eigenvalue weighted by Gasteiger charge is 2.26. The molecule has 20 heavy (non-hydrogen) atoms. The zero-order valence-electron chi connectivity index (χ0n) is 11.6. The molecular formula is C15H20Cl2N2O. The Kier molecular flexibility index (Phi) is 5.30. The van der Waals surface area contributed by atoms with Crippen LogP contribution in [0.15, 0.2) is 18.2 Å². The lowest BCUT2D eigenvalue weighted by molar-refractivity contribution is -0.132. The Morgan fingerprint density at radius 3 is 2.95 bits per heavy atom. The molecule has 1 amide bonds. The van der Waals surface area contributed by atoms with E-state index in [0.717, 1.165) is 31.5 Å². The summed E-state index contributed by atoms with van der Waals surface area (Å²) in [7, 11) is 0. The maximum atomic E-state index is 12.4. The summed E-state index contributed by atoms with van der Waals surface area (Å²) in [5, 5.41) is 1.19. The number of halogens is 2. The third-order valence-corrected chi connectivity index (χ3v) is 4.51. The van der Waals surface area contributed by atoms with Crippen LogP contribution in [-0.4, -0.2) is 29.9 Å². The number of nitrogens with zero attached hydrogens (tertiary/aromatic N) is 1. The fraction of sp³-hybridized carbons (Fsp3) is 0.533. The lowest BCUT2D eigenvalue weighted by atomic mass is 9.92. The van der Waals surface area contributed by atoms with Gasteiger partial charge in [0.1, 0.15) is 0 Å². The minimum Gasteiger partial charge on any atom is -0.342 e. The van der Waals surface area contributed by atoms with E-state index in [-0.39, 0.29) is 11.9 Å². The first kappa shape index (κ1) is 15.6. The standard InChI is InChI=1S/C15H20Cl2N2O/c1-10(18)11-3-2-6-19(9-11)15(20)8-12-7-13(16)4-5-14(12)17/h4-5,7,10-11H,2-3,6,8-9,18H2,1H3/t10-,11-/m1/s1. The summed E-state index contributed by atoms with van der Waals surface area (Å²) >= 11 is 12.1. The summed E-state index contributed by atoms with van der Waals surface area (Å²) in [4.78, 5) is 14.3. The number of amides is 1. The van der Waals surface area contributed by atoms with Gasteiger partial charge >= 0.3 is 0 Å². The van der Waals surface area contributed by atoms with Gasteiger partial charge in [0.2, 0.25) is 5.91 Å². The maximum absolute atomic E-state index is 12.4. The molecule has 1 aromatic rings. The number of carbonyl (C=O) groups excluding carboxylic acids is 1. The van der Waals surface area contributed by atoms with E-state index in [9.17, 15) is 4.79 Å². The molecule has 0 aliphatic carbocycles. The second-order valence-electron chi connectivity index (χ2n) is 5.51. The SMILES string of the molecule is C[C@@H](N)[C@@H]1CCCN(C(=O)Cc2cc(Cl)ccc2Cl)C1. The molecule has 2 atom stereocenters. The molecule has 3 nitrogen and oxygen atoms in total. The first-order valence-electron chi connectivity index (χ1n) is 6.94. The van der Waals surface area contributed by atoms with Crippen LogP contribution in [0.4, 0.5) is 0 Å². The van der Waals surface area contributed by atoms with Crippen molar-refractivity contribution >= 4 is 29.1 Å². The zero-order chi connectivity index (χ0) is 14.7. The third-order valence-electron chi connectivity index (χ3n) is 3.90. The van der Waals surface area contributed by atoms with Gasteiger partial charge in [0.15, 0.2) is 0 Å². The summed E-state index contributed by atoms with van der Waals surface area (Å²) < 4.78 is 0. The molecule has 0 unspecified atom stereocenters. The molecule has 1 aliphatic heterocycles. The van der Waals surface area contributed by atoms with Gasteiger partial charge in [-0.15, -0.1) is 0 Å². The molecule has 1 fully saturated rings. The molecule has 110 valence electrons. The van der Waals surface area contributed by atoms with Crippen LogP contribution in [0.1, 0.15) is 25.3 Å². The monoisotopic (exact) mass is 314 g/mol. The van der Waals surface area contributed by atoms with Gasteiger partial charge in [-0.05, 0) is 49.4 Å². The Balaban J connectivity index is 2.02. The van der Waals surface area contributed by atoms with Crippen molar-refractivity contribution in [1.29, 1.82) is 0 Å². The Morgan fingerprint density at radius 2 is 2.25 bits per heavy atom. The summed E-state index contributed by atoms with van der Waals surface area (Å²) in [5.41, 5.74) is 6.73. The van der Waals surface area contributed by atoms with E-state index in [2.05, 4.69) is 0 Å². The molecule has 2 N–H and O–H groups in total. The molecule has 2 rings (SSSR count). The average molecular weight is 315 g/mol. The van der Waals surface area contributed by atoms with E-state index >= 15 is 0 Å². The van der Waals surface area contributed by atoms with E-state index in [1.54, 1.807) is 18.2 Å². The number of hydrogen-bond acceptors (Lipinski definition) is 2. The minimum atomic E-state index is 0.0968. The second kappa shape index (κ2) is 6.79. The van der Waals surface area contributed by atoms with Crippen molar-refractivity contribution in [3.8, 4) is 0 Å². The highest BCUT2D eigenvalue weighted by Crippen LogP contribution is 2.23. The highest BCUT2D eigenvalue weighted by atomic mass is 35.5. The Morgan fingerprint density at radius 1 is 1.50 bits per heavy atom. The molecule has 0 saturated carbocycles. The number of nitrogens with two attached hydrogens (primary N) is 1. The van der Waals surface area contributed by atoms with Gasteiger partial charge in [-0.2, -0.15) is 0 Å². The van der Waals surface area contributed by atoms with Crippen molar-refractivity contribution in [1.82, 2.24) is 4.90 Å². The molecule has 1 aliphatic rings. The predicted molar refractivity (Wildman–Crippen MR) is 83.1 cm³/mol. The van der Waals surface area contributed by atoms with E-state index in [1.807, 2.05) is 11.8 Å². The van der Waals surface area contributed by atoms with Gasteiger partial charge in [0.25, 0.3) is 0 Å². The predicted octanol–water partition coefficient (Wildman–Crippen LogP) is 3.12. The summed E-state index contributed by atoms with van der Waals surface area (Å²) in [6, 6.07) is 5.34. The molecule has 0 bridgehead atoms. The van der Waals surface area contributed by atoms with Gasteiger partial charge < -0.3 is 10.6 Å². The quantitative estimate of drug-likeness (QED) is 0.931. The van der Waals surface area contributed by atoms with E-state index < -0.39 is 0 Å². The number of carbonyl (C=O) groups is 1. The van der Waals surface area contributed by atoms with Crippen molar-refractivity contribution in [3.05, 3.63) is 33.8 Å². The van der Waals surface area contributed by atoms with Gasteiger partial charge in [0.05, 0.1) is 6.42 Å². The molecule has 5 heteroatoms. The van der Waals surface area contributed by atoms with Crippen LogP contribution in [0.5, 0.6) is 0 Å². The normalized spacial score (nSPS) is 20.8. The molecule has 0 aromatic heterocycles. The zero-order valence-corrected chi connectivity index (χ0v) is 13.1. The summed E-state index contributed by atoms with van der Waals surface area (Å²) in [6.07, 6.45) is 2.41. The van der Waals surface area contributed by atoms with Gasteiger partial charge in [0, 0.05) is 29.2 Å². The Labute approximate surface area is 130 Å². The number of hydrogen-bond donors (Lipinski definition) is 1. The van der Waals surface area contributed by atoms with E-state index in [4.69, 9.17) is 28.9 Å². The maximum Gasteiger partial charge on any atom is 0.227 e. The molecule has 0 radical (unpaired) electrons. The first-order chi connectivity index (χ1) is 9.47. The molecule has 1 saturated heterocycles. The lowest BCUT2D eigenvalue weighted by Crippen LogP contribution is -2.45. The number of benzene rings is 1. The number of piperidine rings is 1. The smallest absolute Gasteiger partial charge is 0.227 e. The van der Waals surface area contributed by atoms with Gasteiger partial charge in [-0.3, -0.25) is 4.79 Å². The molecule has 0 spiro atoms. The van der Waals surface area contributed by atoms with Crippen LogP contribution in [0.25, 0.3) is 0 Å². The topological polar surface area (TPSA) is 46.3 Å². The van der Waals surface area contributed by atoms with Crippen LogP contribution in [0.2, 0.25) is 10.0 Å². The lowest BCUT2D eigenvalue weighted by Gasteiger charge is -2.34. The fourth-order valence-corrected chi connectivity index (χ4v) is 3.00. The third kappa shape index (κ3) is 3.87. The molecular weight excluding hydrogens is 295 g/mol. The van der Waals surface area contributed by atoms with Crippen molar-refractivity contribution in [2.75, 3.05) is 13.1 Å². The van der Waals surface area contributed by atoms with E-state index in [0.29, 0.717) is 22.4 Å². The van der Waals surface area contributed by atoms with Crippen molar-refractivity contribution in [2.24, 2.45) is 11.7 Å². The summed E-state index contributed by atoms with van der Waals surface area (Å²) in [6.45, 7) is 3.56. The number of rotatable bonds is 3. The van der Waals surface area contributed by atoms with Gasteiger partial charge in [-0.25, -0.2) is 0 Å². The second-order valence-corrected chi connectivity index (χ2v) is 6.36. The van der Waals surface area contributed by atoms with Crippen LogP contribution in [0, 0.1) is 5.92 Å². The highest BCUT2D eigenvalue weighted by molar-refractivity contribution is 6.33. The van der Waals surface area contributed by atoms with Crippen molar-refractivity contribution in [2.45, 2.75) is 32.2 Å². The van der Waals surface area contributed by atoms with Gasteiger partial charge in [-0.1, -0.05) is 23.2 Å². The Bertz CT molecular complexity index is 491. The average Bonchev–Trinajstić information content (AvgIpc) is 2.43. The number of likely N-dealkylation sites (tertiary alicyclic amines) is 1. The Hall–Kier alpha value is -0.770. The largest absolute Gasteiger partial charge is 0.342 e.